The van der Waals surface area contributed by atoms with Crippen molar-refractivity contribution in [1.29, 1.82) is 0 Å². The SMILES string of the molecule is CNC(=O)C(C)Cn1cnc2ccc(-c3cnc(OC)c(NS(=O)(=O)c4cc(Cl)c(F)cc4F)c3)cc2c1=O. The van der Waals surface area contributed by atoms with Crippen LogP contribution in [0.3, 0.4) is 0 Å². The molecule has 2 aromatic carbocycles. The Morgan fingerprint density at radius 2 is 1.87 bits per heavy atom. The number of nitrogens with zero attached hydrogens (tertiary/aromatic N) is 3. The van der Waals surface area contributed by atoms with Crippen LogP contribution in [0, 0.1) is 17.6 Å². The van der Waals surface area contributed by atoms with Gasteiger partial charge in [0.15, 0.2) is 0 Å². The highest BCUT2D eigenvalue weighted by Crippen LogP contribution is 2.32. The Morgan fingerprint density at radius 1 is 1.13 bits per heavy atom. The van der Waals surface area contributed by atoms with Crippen LogP contribution in [0.5, 0.6) is 5.88 Å². The molecule has 2 aromatic heterocycles. The van der Waals surface area contributed by atoms with Crippen LogP contribution in [-0.4, -0.2) is 43.0 Å². The third-order valence-electron chi connectivity index (χ3n) is 5.88. The van der Waals surface area contributed by atoms with E-state index in [9.17, 15) is 26.8 Å². The molecule has 39 heavy (non-hydrogen) atoms. The first-order chi connectivity index (χ1) is 18.4. The Hall–Kier alpha value is -4.10. The van der Waals surface area contributed by atoms with Crippen LogP contribution in [0.1, 0.15) is 6.92 Å². The molecular weight excluding hydrogens is 556 g/mol. The van der Waals surface area contributed by atoms with Crippen molar-refractivity contribution >= 4 is 44.1 Å². The number of sulfonamides is 1. The molecule has 0 saturated carbocycles. The number of halogens is 3. The van der Waals surface area contributed by atoms with E-state index in [-0.39, 0.29) is 35.0 Å². The Kier molecular flexibility index (Phi) is 7.84. The van der Waals surface area contributed by atoms with Gasteiger partial charge in [0.2, 0.25) is 11.8 Å². The zero-order valence-corrected chi connectivity index (χ0v) is 22.4. The number of anilines is 1. The fourth-order valence-electron chi connectivity index (χ4n) is 3.85. The van der Waals surface area contributed by atoms with Gasteiger partial charge in [-0.05, 0) is 29.8 Å². The summed E-state index contributed by atoms with van der Waals surface area (Å²) < 4.78 is 62.4. The Labute approximate surface area is 226 Å². The van der Waals surface area contributed by atoms with Crippen LogP contribution in [0.2, 0.25) is 5.02 Å². The number of fused-ring (bicyclic) bond motifs is 1. The molecule has 1 amide bonds. The molecule has 1 unspecified atom stereocenters. The lowest BCUT2D eigenvalue weighted by atomic mass is 10.0. The number of nitrogens with one attached hydrogen (secondary N) is 2. The highest BCUT2D eigenvalue weighted by atomic mass is 35.5. The van der Waals surface area contributed by atoms with Gasteiger partial charge in [0.25, 0.3) is 15.6 Å². The van der Waals surface area contributed by atoms with Gasteiger partial charge in [-0.25, -0.2) is 27.2 Å². The molecule has 0 aliphatic heterocycles. The predicted molar refractivity (Wildman–Crippen MR) is 141 cm³/mol. The van der Waals surface area contributed by atoms with Gasteiger partial charge in [0, 0.05) is 31.4 Å². The number of aromatic nitrogens is 3. The first-order valence-electron chi connectivity index (χ1n) is 11.4. The summed E-state index contributed by atoms with van der Waals surface area (Å²) in [6.07, 6.45) is 2.77. The van der Waals surface area contributed by atoms with Crippen molar-refractivity contribution in [3.8, 4) is 17.0 Å². The fraction of sp³-hybridized carbons (Fsp3) is 0.200. The maximum atomic E-state index is 14.3. The minimum Gasteiger partial charge on any atom is -0.480 e. The van der Waals surface area contributed by atoms with Crippen molar-refractivity contribution in [3.63, 3.8) is 0 Å². The first-order valence-corrected chi connectivity index (χ1v) is 13.2. The number of rotatable bonds is 8. The van der Waals surface area contributed by atoms with Crippen molar-refractivity contribution in [1.82, 2.24) is 19.9 Å². The lowest BCUT2D eigenvalue weighted by Crippen LogP contribution is -2.32. The van der Waals surface area contributed by atoms with Gasteiger partial charge in [0.1, 0.15) is 22.2 Å². The Morgan fingerprint density at radius 3 is 2.56 bits per heavy atom. The lowest BCUT2D eigenvalue weighted by molar-refractivity contribution is -0.124. The molecule has 204 valence electrons. The van der Waals surface area contributed by atoms with Gasteiger partial charge < -0.3 is 10.1 Å². The number of carbonyl (C=O) groups excluding carboxylic acids is 1. The van der Waals surface area contributed by atoms with Crippen molar-refractivity contribution in [3.05, 3.63) is 75.9 Å². The van der Waals surface area contributed by atoms with E-state index in [0.717, 1.165) is 0 Å². The summed E-state index contributed by atoms with van der Waals surface area (Å²) in [7, 11) is -1.80. The molecule has 0 fully saturated rings. The number of amides is 1. The molecule has 0 radical (unpaired) electrons. The quantitative estimate of drug-likeness (QED) is 0.306. The van der Waals surface area contributed by atoms with Crippen LogP contribution in [0.25, 0.3) is 22.0 Å². The molecule has 0 aliphatic carbocycles. The summed E-state index contributed by atoms with van der Waals surface area (Å²) in [6, 6.07) is 7.25. The molecule has 0 saturated heterocycles. The third kappa shape index (κ3) is 5.68. The molecule has 1 atom stereocenters. The molecule has 0 aliphatic rings. The molecule has 0 spiro atoms. The maximum Gasteiger partial charge on any atom is 0.265 e. The second kappa shape index (κ2) is 10.9. The molecule has 4 rings (SSSR count). The number of carbonyl (C=O) groups is 1. The normalized spacial score (nSPS) is 12.3. The molecule has 10 nitrogen and oxygen atoms in total. The average molecular weight is 578 g/mol. The summed E-state index contributed by atoms with van der Waals surface area (Å²) >= 11 is 5.66. The van der Waals surface area contributed by atoms with Crippen LogP contribution in [-0.2, 0) is 21.4 Å². The van der Waals surface area contributed by atoms with E-state index in [0.29, 0.717) is 28.8 Å². The largest absolute Gasteiger partial charge is 0.480 e. The van der Waals surface area contributed by atoms with Crippen molar-refractivity contribution in [2.24, 2.45) is 5.92 Å². The minimum atomic E-state index is -4.57. The number of benzene rings is 2. The van der Waals surface area contributed by atoms with Gasteiger partial charge in [0.05, 0.1) is 35.3 Å². The number of methoxy groups -OCH3 is 1. The van der Waals surface area contributed by atoms with Crippen LogP contribution >= 0.6 is 11.6 Å². The van der Waals surface area contributed by atoms with E-state index in [1.54, 1.807) is 25.1 Å². The summed E-state index contributed by atoms with van der Waals surface area (Å²) in [6.45, 7) is 1.80. The minimum absolute atomic E-state index is 0.117. The number of ether oxygens (including phenoxy) is 1. The highest BCUT2D eigenvalue weighted by molar-refractivity contribution is 7.92. The zero-order valence-electron chi connectivity index (χ0n) is 20.8. The molecular formula is C25H22ClF2N5O5S. The standard InChI is InChI=1S/C25H22ClF2N5O5S/c1-13(23(34)29-2)11-33-12-31-20-5-4-14(6-16(20)25(33)35)15-7-21(24(38-3)30-10-15)32-39(36,37)22-8-17(26)18(27)9-19(22)28/h4-10,12-13,32H,11H2,1-3H3,(H,29,34). The van der Waals surface area contributed by atoms with E-state index < -0.39 is 37.5 Å². The first kappa shape index (κ1) is 27.9. The third-order valence-corrected chi connectivity index (χ3v) is 7.55. The molecule has 4 aromatic rings. The van der Waals surface area contributed by atoms with Crippen LogP contribution in [0.15, 0.2) is 58.6 Å². The van der Waals surface area contributed by atoms with E-state index in [2.05, 4.69) is 20.0 Å². The fourth-order valence-corrected chi connectivity index (χ4v) is 5.21. The second-order valence-electron chi connectivity index (χ2n) is 8.53. The van der Waals surface area contributed by atoms with E-state index in [4.69, 9.17) is 16.3 Å². The molecule has 2 heterocycles. The lowest BCUT2D eigenvalue weighted by Gasteiger charge is -2.14. The Balaban J connectivity index is 1.74. The summed E-state index contributed by atoms with van der Waals surface area (Å²) in [4.78, 5) is 32.6. The smallest absolute Gasteiger partial charge is 0.265 e. The summed E-state index contributed by atoms with van der Waals surface area (Å²) in [5.41, 5.74) is 0.784. The Bertz CT molecular complexity index is 1760. The van der Waals surface area contributed by atoms with E-state index in [1.165, 1.54) is 37.3 Å². The zero-order chi connectivity index (χ0) is 28.5. The monoisotopic (exact) mass is 577 g/mol. The summed E-state index contributed by atoms with van der Waals surface area (Å²) in [5.74, 6) is -3.27. The van der Waals surface area contributed by atoms with Gasteiger partial charge >= 0.3 is 0 Å². The second-order valence-corrected chi connectivity index (χ2v) is 10.6. The van der Waals surface area contributed by atoms with E-state index in [1.807, 2.05) is 0 Å². The van der Waals surface area contributed by atoms with Gasteiger partial charge in [-0.15, -0.1) is 0 Å². The molecule has 2 N–H and O–H groups in total. The maximum absolute atomic E-state index is 14.3. The van der Waals surface area contributed by atoms with Gasteiger partial charge in [-0.3, -0.25) is 18.9 Å². The number of hydrogen-bond donors (Lipinski definition) is 2. The highest BCUT2D eigenvalue weighted by Gasteiger charge is 2.24. The van der Waals surface area contributed by atoms with Crippen LogP contribution in [0.4, 0.5) is 14.5 Å². The van der Waals surface area contributed by atoms with Gasteiger partial charge in [-0.1, -0.05) is 24.6 Å². The van der Waals surface area contributed by atoms with Crippen molar-refractivity contribution in [2.75, 3.05) is 18.9 Å². The van der Waals surface area contributed by atoms with E-state index >= 15 is 0 Å². The average Bonchev–Trinajstić information content (AvgIpc) is 2.91. The number of pyridine rings is 1. The van der Waals surface area contributed by atoms with Crippen LogP contribution < -0.4 is 20.3 Å². The summed E-state index contributed by atoms with van der Waals surface area (Å²) in [5, 5.41) is 2.23. The van der Waals surface area contributed by atoms with Crippen molar-refractivity contribution < 1.29 is 26.7 Å². The van der Waals surface area contributed by atoms with Crippen molar-refractivity contribution in [2.45, 2.75) is 18.4 Å². The topological polar surface area (TPSA) is 132 Å². The predicted octanol–water partition coefficient (Wildman–Crippen LogP) is 3.58. The molecule has 14 heteroatoms. The number of hydrogen-bond acceptors (Lipinski definition) is 7. The molecule has 0 bridgehead atoms. The van der Waals surface area contributed by atoms with Gasteiger partial charge in [-0.2, -0.15) is 0 Å².